The number of carbonyl (C=O) groups is 2. The zero-order valence-electron chi connectivity index (χ0n) is 36.0. The Labute approximate surface area is 333 Å². The van der Waals surface area contributed by atoms with Gasteiger partial charge in [-0.25, -0.2) is 4.57 Å². The number of quaternary nitrogens is 1. The number of rotatable bonds is 41. The Morgan fingerprint density at radius 2 is 0.944 bits per heavy atom. The standard InChI is InChI=1S/C44H86NO8P/c1-6-8-10-12-14-16-18-20-22-24-26-28-30-32-34-36-43(46)50-40-42(41-52-54(48,49)51-39-38-45(3,4)5)53-44(47)37-35-33-31-29-27-25-23-21-19-17-15-13-11-9-7-2/h21,23,42H,6-20,22,24-41H2,1-5H3/p+1/b23-21+. The molecule has 2 atom stereocenters. The molecule has 10 heteroatoms. The number of likely N-dealkylation sites (N-methyl/N-ethyl adjacent to an activating group) is 1. The van der Waals surface area contributed by atoms with Crippen LogP contribution in [0.5, 0.6) is 0 Å². The molecule has 0 aliphatic rings. The van der Waals surface area contributed by atoms with Crippen LogP contribution in [-0.4, -0.2) is 74.9 Å². The molecule has 0 aliphatic carbocycles. The molecule has 0 radical (unpaired) electrons. The van der Waals surface area contributed by atoms with Crippen LogP contribution in [-0.2, 0) is 32.7 Å². The molecule has 9 nitrogen and oxygen atoms in total. The van der Waals surface area contributed by atoms with Gasteiger partial charge in [0.15, 0.2) is 6.10 Å². The van der Waals surface area contributed by atoms with Crippen LogP contribution in [0.2, 0.25) is 0 Å². The molecule has 0 fully saturated rings. The van der Waals surface area contributed by atoms with E-state index in [0.29, 0.717) is 23.9 Å². The molecule has 2 unspecified atom stereocenters. The third-order valence-corrected chi connectivity index (χ3v) is 10.8. The van der Waals surface area contributed by atoms with Crippen molar-refractivity contribution in [2.24, 2.45) is 0 Å². The summed E-state index contributed by atoms with van der Waals surface area (Å²) in [5.41, 5.74) is 0. The zero-order chi connectivity index (χ0) is 40.0. The van der Waals surface area contributed by atoms with Crippen molar-refractivity contribution < 1.29 is 42.1 Å². The maximum atomic E-state index is 12.7. The molecule has 0 spiro atoms. The molecule has 54 heavy (non-hydrogen) atoms. The van der Waals surface area contributed by atoms with Crippen LogP contribution >= 0.6 is 7.82 Å². The van der Waals surface area contributed by atoms with Gasteiger partial charge in [-0.05, 0) is 38.5 Å². The minimum atomic E-state index is -4.37. The number of phosphoric acid groups is 1. The van der Waals surface area contributed by atoms with Gasteiger partial charge in [-0.2, -0.15) is 0 Å². The number of esters is 2. The number of allylic oxidation sites excluding steroid dienone is 2. The summed E-state index contributed by atoms with van der Waals surface area (Å²) >= 11 is 0. The molecule has 0 aromatic heterocycles. The highest BCUT2D eigenvalue weighted by Crippen LogP contribution is 2.43. The van der Waals surface area contributed by atoms with E-state index >= 15 is 0 Å². The molecule has 0 amide bonds. The van der Waals surface area contributed by atoms with E-state index in [2.05, 4.69) is 26.0 Å². The molecule has 0 aliphatic heterocycles. The largest absolute Gasteiger partial charge is 0.472 e. The lowest BCUT2D eigenvalue weighted by Gasteiger charge is -2.24. The maximum Gasteiger partial charge on any atom is 0.472 e. The highest BCUT2D eigenvalue weighted by atomic mass is 31.2. The topological polar surface area (TPSA) is 108 Å². The van der Waals surface area contributed by atoms with Gasteiger partial charge in [0.2, 0.25) is 0 Å². The Morgan fingerprint density at radius 3 is 1.37 bits per heavy atom. The summed E-state index contributed by atoms with van der Waals surface area (Å²) in [7, 11) is 1.48. The Balaban J connectivity index is 4.34. The van der Waals surface area contributed by atoms with E-state index in [1.807, 2.05) is 21.1 Å². The normalized spacial score (nSPS) is 13.7. The van der Waals surface area contributed by atoms with E-state index in [1.54, 1.807) is 0 Å². The zero-order valence-corrected chi connectivity index (χ0v) is 36.9. The number of nitrogens with zero attached hydrogens (tertiary/aromatic N) is 1. The SMILES string of the molecule is CCCCCCCC/C=C/CCCCCCCC(=O)OC(COC(=O)CCCCCCCCCCCCCCCCC)COP(=O)(O)OCC[N+](C)(C)C. The molecule has 0 saturated heterocycles. The number of carbonyl (C=O) groups excluding carboxylic acids is 2. The predicted octanol–water partition coefficient (Wildman–Crippen LogP) is 12.6. The van der Waals surface area contributed by atoms with Crippen molar-refractivity contribution in [3.05, 3.63) is 12.2 Å². The van der Waals surface area contributed by atoms with E-state index < -0.39 is 26.5 Å². The van der Waals surface area contributed by atoms with Gasteiger partial charge in [-0.3, -0.25) is 18.6 Å². The van der Waals surface area contributed by atoms with E-state index in [4.69, 9.17) is 18.5 Å². The van der Waals surface area contributed by atoms with E-state index in [1.165, 1.54) is 122 Å². The summed E-state index contributed by atoms with van der Waals surface area (Å²) in [5, 5.41) is 0. The molecular formula is C44H87NO8P+. The average molecular weight is 789 g/mol. The first-order chi connectivity index (χ1) is 26.0. The lowest BCUT2D eigenvalue weighted by molar-refractivity contribution is -0.870. The molecular weight excluding hydrogens is 701 g/mol. The van der Waals surface area contributed by atoms with E-state index in [0.717, 1.165) is 51.4 Å². The first-order valence-electron chi connectivity index (χ1n) is 22.4. The molecule has 0 saturated carbocycles. The molecule has 0 aromatic carbocycles. The van der Waals surface area contributed by atoms with Crippen LogP contribution in [0.25, 0.3) is 0 Å². The second kappa shape index (κ2) is 37.3. The van der Waals surface area contributed by atoms with E-state index in [-0.39, 0.29) is 25.6 Å². The monoisotopic (exact) mass is 789 g/mol. The minimum Gasteiger partial charge on any atom is -0.462 e. The number of unbranched alkanes of at least 4 members (excludes halogenated alkanes) is 25. The van der Waals surface area contributed by atoms with Gasteiger partial charge in [0, 0.05) is 12.8 Å². The third kappa shape index (κ3) is 40.4. The summed E-state index contributed by atoms with van der Waals surface area (Å²) in [4.78, 5) is 35.3. The Hall–Kier alpha value is -1.25. The van der Waals surface area contributed by atoms with Gasteiger partial charge in [-0.15, -0.1) is 0 Å². The lowest BCUT2D eigenvalue weighted by Crippen LogP contribution is -2.37. The van der Waals surface area contributed by atoms with Crippen LogP contribution in [0, 0.1) is 0 Å². The van der Waals surface area contributed by atoms with Crippen molar-refractivity contribution in [3.8, 4) is 0 Å². The predicted molar refractivity (Wildman–Crippen MR) is 224 cm³/mol. The van der Waals surface area contributed by atoms with Gasteiger partial charge in [0.25, 0.3) is 0 Å². The van der Waals surface area contributed by atoms with E-state index in [9.17, 15) is 19.0 Å². The number of phosphoric ester groups is 1. The quantitative estimate of drug-likeness (QED) is 0.0214. The highest BCUT2D eigenvalue weighted by molar-refractivity contribution is 7.47. The average Bonchev–Trinajstić information content (AvgIpc) is 3.12. The summed E-state index contributed by atoms with van der Waals surface area (Å²) in [6.45, 7) is 4.43. The van der Waals surface area contributed by atoms with Crippen molar-refractivity contribution in [1.82, 2.24) is 0 Å². The fourth-order valence-electron chi connectivity index (χ4n) is 6.24. The molecule has 1 N–H and O–H groups in total. The fourth-order valence-corrected chi connectivity index (χ4v) is 6.99. The summed E-state index contributed by atoms with van der Waals surface area (Å²) < 4.78 is 34.3. The van der Waals surface area contributed by atoms with Gasteiger partial charge < -0.3 is 18.9 Å². The minimum absolute atomic E-state index is 0.0332. The third-order valence-electron chi connectivity index (χ3n) is 9.80. The number of ether oxygens (including phenoxy) is 2. The smallest absolute Gasteiger partial charge is 0.462 e. The van der Waals surface area contributed by atoms with Crippen molar-refractivity contribution in [1.29, 1.82) is 0 Å². The van der Waals surface area contributed by atoms with Gasteiger partial charge in [0.05, 0.1) is 27.7 Å². The number of hydrogen-bond donors (Lipinski definition) is 1. The van der Waals surface area contributed by atoms with Crippen LogP contribution in [0.1, 0.15) is 206 Å². The van der Waals surface area contributed by atoms with Gasteiger partial charge >= 0.3 is 19.8 Å². The van der Waals surface area contributed by atoms with Gasteiger partial charge in [0.1, 0.15) is 19.8 Å². The van der Waals surface area contributed by atoms with Crippen molar-refractivity contribution >= 4 is 19.8 Å². The fraction of sp³-hybridized carbons (Fsp3) is 0.909. The first kappa shape index (κ1) is 52.8. The molecule has 0 heterocycles. The maximum absolute atomic E-state index is 12.7. The Kier molecular flexibility index (Phi) is 36.5. The molecule has 0 rings (SSSR count). The lowest BCUT2D eigenvalue weighted by atomic mass is 10.0. The van der Waals surface area contributed by atoms with Crippen molar-refractivity contribution in [2.75, 3.05) is 47.5 Å². The summed E-state index contributed by atoms with van der Waals surface area (Å²) in [5.74, 6) is -0.798. The Morgan fingerprint density at radius 1 is 0.556 bits per heavy atom. The van der Waals surface area contributed by atoms with Crippen LogP contribution < -0.4 is 0 Å². The Bertz CT molecular complexity index is 938. The van der Waals surface area contributed by atoms with Gasteiger partial charge in [-0.1, -0.05) is 167 Å². The molecule has 0 bridgehead atoms. The molecule has 320 valence electrons. The summed E-state index contributed by atoms with van der Waals surface area (Å²) in [6, 6.07) is 0. The van der Waals surface area contributed by atoms with Crippen LogP contribution in [0.15, 0.2) is 12.2 Å². The highest BCUT2D eigenvalue weighted by Gasteiger charge is 2.27. The van der Waals surface area contributed by atoms with Crippen LogP contribution in [0.3, 0.4) is 0 Å². The second-order valence-corrected chi connectivity index (χ2v) is 17.9. The first-order valence-corrected chi connectivity index (χ1v) is 23.9. The molecule has 0 aromatic rings. The summed E-state index contributed by atoms with van der Waals surface area (Å²) in [6.07, 6.45) is 38.2. The van der Waals surface area contributed by atoms with Crippen molar-refractivity contribution in [2.45, 2.75) is 213 Å². The van der Waals surface area contributed by atoms with Crippen molar-refractivity contribution in [3.63, 3.8) is 0 Å². The second-order valence-electron chi connectivity index (χ2n) is 16.4. The van der Waals surface area contributed by atoms with Crippen LogP contribution in [0.4, 0.5) is 0 Å². The number of hydrogen-bond acceptors (Lipinski definition) is 7.